The summed E-state index contributed by atoms with van der Waals surface area (Å²) >= 11 is 0. The van der Waals surface area contributed by atoms with Gasteiger partial charge in [-0.25, -0.2) is 9.97 Å². The van der Waals surface area contributed by atoms with E-state index in [1.54, 1.807) is 0 Å². The number of hydrogen-bond donors (Lipinski definition) is 0. The summed E-state index contributed by atoms with van der Waals surface area (Å²) in [6, 6.07) is 18.6. The van der Waals surface area contributed by atoms with Gasteiger partial charge in [-0.2, -0.15) is 0 Å². The van der Waals surface area contributed by atoms with Gasteiger partial charge in [-0.15, -0.1) is 0 Å². The molecular formula is C19H13ClN2O. The zero-order valence-corrected chi connectivity index (χ0v) is 13.0. The summed E-state index contributed by atoms with van der Waals surface area (Å²) in [5.74, 6) is 0.909. The van der Waals surface area contributed by atoms with Crippen LogP contribution >= 0.6 is 0 Å². The van der Waals surface area contributed by atoms with E-state index in [2.05, 4.69) is 35.3 Å². The summed E-state index contributed by atoms with van der Waals surface area (Å²) in [5.41, 5.74) is 5.34. The number of pyridine rings is 2. The minimum atomic E-state index is 0. The van der Waals surface area contributed by atoms with Gasteiger partial charge in [0.25, 0.3) is 0 Å². The first-order valence-corrected chi connectivity index (χ1v) is 7.35. The highest BCUT2D eigenvalue weighted by Crippen LogP contribution is 2.37. The molecule has 2 aromatic heterocycles. The predicted octanol–water partition coefficient (Wildman–Crippen LogP) is 0.765. The van der Waals surface area contributed by atoms with E-state index in [9.17, 15) is 0 Å². The van der Waals surface area contributed by atoms with E-state index < -0.39 is 0 Å². The zero-order valence-electron chi connectivity index (χ0n) is 12.2. The molecule has 0 saturated heterocycles. The van der Waals surface area contributed by atoms with Gasteiger partial charge in [-0.05, 0) is 24.3 Å². The molecule has 3 nitrogen and oxygen atoms in total. The minimum Gasteiger partial charge on any atom is -1.00 e. The number of fused-ring (bicyclic) bond motifs is 6. The largest absolute Gasteiger partial charge is 1.00 e. The highest BCUT2D eigenvalue weighted by atomic mass is 35.5. The first-order valence-electron chi connectivity index (χ1n) is 7.35. The maximum absolute atomic E-state index is 5.86. The molecule has 1 N–H and O–H groups in total. The quantitative estimate of drug-likeness (QED) is 0.449. The van der Waals surface area contributed by atoms with Crippen molar-refractivity contribution < 1.29 is 22.1 Å². The van der Waals surface area contributed by atoms with Crippen molar-refractivity contribution in [2.75, 3.05) is 0 Å². The third kappa shape index (κ3) is 2.05. The lowest BCUT2D eigenvalue weighted by Gasteiger charge is -2.20. The third-order valence-electron chi connectivity index (χ3n) is 4.24. The Labute approximate surface area is 139 Å². The van der Waals surface area contributed by atoms with Crippen molar-refractivity contribution in [3.63, 3.8) is 0 Å². The molecule has 112 valence electrons. The van der Waals surface area contributed by atoms with Crippen molar-refractivity contribution in [3.8, 4) is 17.0 Å². The topological polar surface area (TPSA) is 36.3 Å². The summed E-state index contributed by atoms with van der Waals surface area (Å²) in [4.78, 5) is 8.23. The van der Waals surface area contributed by atoms with Crippen molar-refractivity contribution in [2.24, 2.45) is 0 Å². The molecule has 0 bridgehead atoms. The Bertz CT molecular complexity index is 1050. The first kappa shape index (κ1) is 14.0. The van der Waals surface area contributed by atoms with Gasteiger partial charge >= 0.3 is 0 Å². The van der Waals surface area contributed by atoms with Crippen LogP contribution in [-0.2, 0) is 6.61 Å². The Kier molecular flexibility index (Phi) is 3.17. The van der Waals surface area contributed by atoms with Crippen molar-refractivity contribution in [1.29, 1.82) is 0 Å². The van der Waals surface area contributed by atoms with Crippen LogP contribution in [0.2, 0.25) is 0 Å². The van der Waals surface area contributed by atoms with E-state index in [-0.39, 0.29) is 12.4 Å². The van der Waals surface area contributed by atoms with Crippen LogP contribution in [0.3, 0.4) is 0 Å². The number of rotatable bonds is 0. The lowest BCUT2D eigenvalue weighted by atomic mass is 10.00. The van der Waals surface area contributed by atoms with Gasteiger partial charge in [0.05, 0.1) is 11.1 Å². The second kappa shape index (κ2) is 5.21. The Morgan fingerprint density at radius 1 is 0.957 bits per heavy atom. The highest BCUT2D eigenvalue weighted by Gasteiger charge is 2.20. The number of ether oxygens (including phenoxy) is 1. The van der Waals surface area contributed by atoms with Gasteiger partial charge in [-0.3, -0.25) is 0 Å². The van der Waals surface area contributed by atoms with Gasteiger partial charge in [0.2, 0.25) is 5.52 Å². The van der Waals surface area contributed by atoms with Crippen molar-refractivity contribution in [1.82, 2.24) is 4.98 Å². The summed E-state index contributed by atoms with van der Waals surface area (Å²) < 4.78 is 5.86. The van der Waals surface area contributed by atoms with Crippen LogP contribution in [0.15, 0.2) is 60.8 Å². The van der Waals surface area contributed by atoms with E-state index in [1.165, 1.54) is 5.39 Å². The third-order valence-corrected chi connectivity index (χ3v) is 4.24. The van der Waals surface area contributed by atoms with Crippen LogP contribution in [0, 0.1) is 0 Å². The van der Waals surface area contributed by atoms with E-state index >= 15 is 0 Å². The lowest BCUT2D eigenvalue weighted by molar-refractivity contribution is -0.342. The number of nitrogens with zero attached hydrogens (tertiary/aromatic N) is 1. The molecule has 5 rings (SSSR count). The molecule has 0 unspecified atom stereocenters. The fourth-order valence-electron chi connectivity index (χ4n) is 3.17. The molecule has 0 atom stereocenters. The smallest absolute Gasteiger partial charge is 0.211 e. The monoisotopic (exact) mass is 320 g/mol. The zero-order chi connectivity index (χ0) is 14.5. The summed E-state index contributed by atoms with van der Waals surface area (Å²) in [6.45, 7) is 0.572. The van der Waals surface area contributed by atoms with Crippen LogP contribution in [0.25, 0.3) is 33.1 Å². The Morgan fingerprint density at radius 2 is 1.78 bits per heavy atom. The van der Waals surface area contributed by atoms with Crippen LogP contribution < -0.4 is 22.1 Å². The fraction of sp³-hybridized carbons (Fsp3) is 0.0526. The number of hydrogen-bond acceptors (Lipinski definition) is 2. The van der Waals surface area contributed by atoms with E-state index in [1.807, 2.05) is 30.5 Å². The average molecular weight is 321 g/mol. The predicted molar refractivity (Wildman–Crippen MR) is 85.6 cm³/mol. The molecule has 0 aliphatic carbocycles. The second-order valence-corrected chi connectivity index (χ2v) is 5.55. The SMILES string of the molecule is [Cl-].c1ccc2c(c1)OCc1cc3c(c[nH+]c4ccccc43)nc1-2. The van der Waals surface area contributed by atoms with E-state index in [4.69, 9.17) is 9.72 Å². The minimum absolute atomic E-state index is 0. The molecule has 2 aromatic carbocycles. The summed E-state index contributed by atoms with van der Waals surface area (Å²) in [5, 5.41) is 2.35. The highest BCUT2D eigenvalue weighted by molar-refractivity contribution is 6.03. The van der Waals surface area contributed by atoms with Crippen molar-refractivity contribution in [3.05, 3.63) is 66.4 Å². The fourth-order valence-corrected chi connectivity index (χ4v) is 3.17. The van der Waals surface area contributed by atoms with Crippen LogP contribution in [-0.4, -0.2) is 4.98 Å². The van der Waals surface area contributed by atoms with Gasteiger partial charge < -0.3 is 17.1 Å². The van der Waals surface area contributed by atoms with Crippen LogP contribution in [0.5, 0.6) is 5.75 Å². The van der Waals surface area contributed by atoms with Crippen molar-refractivity contribution >= 4 is 21.8 Å². The number of halogens is 1. The van der Waals surface area contributed by atoms with E-state index in [0.29, 0.717) is 6.61 Å². The molecular weight excluding hydrogens is 308 g/mol. The van der Waals surface area contributed by atoms with Crippen LogP contribution in [0.4, 0.5) is 0 Å². The number of benzene rings is 2. The maximum Gasteiger partial charge on any atom is 0.211 e. The molecule has 23 heavy (non-hydrogen) atoms. The molecule has 0 saturated carbocycles. The number of H-pyrrole nitrogens is 1. The molecule has 0 radical (unpaired) electrons. The molecule has 4 heteroatoms. The Balaban J connectivity index is 0.00000135. The Hall–Kier alpha value is -2.65. The number of aromatic amines is 1. The number of para-hydroxylation sites is 2. The molecule has 1 aliphatic rings. The summed E-state index contributed by atoms with van der Waals surface area (Å²) in [6.07, 6.45) is 1.98. The average Bonchev–Trinajstić information content (AvgIpc) is 2.60. The first-order chi connectivity index (χ1) is 10.9. The van der Waals surface area contributed by atoms with Crippen LogP contribution in [0.1, 0.15) is 5.56 Å². The van der Waals surface area contributed by atoms with E-state index in [0.717, 1.165) is 39.0 Å². The lowest BCUT2D eigenvalue weighted by Crippen LogP contribution is -3.00. The normalized spacial score (nSPS) is 12.2. The Morgan fingerprint density at radius 3 is 2.74 bits per heavy atom. The molecule has 3 heterocycles. The van der Waals surface area contributed by atoms with Gasteiger partial charge in [0.15, 0.2) is 6.20 Å². The number of nitrogens with one attached hydrogen (secondary N) is 1. The summed E-state index contributed by atoms with van der Waals surface area (Å²) in [7, 11) is 0. The van der Waals surface area contributed by atoms with Gasteiger partial charge in [0, 0.05) is 22.6 Å². The molecule has 0 spiro atoms. The second-order valence-electron chi connectivity index (χ2n) is 5.55. The van der Waals surface area contributed by atoms with Gasteiger partial charge in [0.1, 0.15) is 17.9 Å². The molecule has 4 aromatic rings. The molecule has 0 fully saturated rings. The maximum atomic E-state index is 5.86. The van der Waals surface area contributed by atoms with Crippen molar-refractivity contribution in [2.45, 2.75) is 6.61 Å². The van der Waals surface area contributed by atoms with Gasteiger partial charge in [-0.1, -0.05) is 24.3 Å². The molecule has 1 aliphatic heterocycles. The molecule has 0 amide bonds. The number of aromatic nitrogens is 2. The standard InChI is InChI=1S/C19H12N2O.ClH/c1-3-7-16-13(5-1)15-9-12-11-22-18-8-4-2-6-14(18)19(12)21-17(15)10-20-16;/h1-10H,11H2;1H.